The first-order valence-electron chi connectivity index (χ1n) is 1.02. The molecule has 0 N–H and O–H groups in total. The van der Waals surface area contributed by atoms with Crippen LogP contribution >= 0.6 is 0 Å². The Labute approximate surface area is 49.8 Å². The molecular weight excluding hydrogens is 128 g/mol. The van der Waals surface area contributed by atoms with Crippen LogP contribution in [0.5, 0.6) is 0 Å². The fourth-order valence-electron chi connectivity index (χ4n) is 0.0289. The summed E-state index contributed by atoms with van der Waals surface area (Å²) in [5, 5.41) is 15.1. The van der Waals surface area contributed by atoms with E-state index in [4.69, 9.17) is 10.5 Å². The van der Waals surface area contributed by atoms with Crippen LogP contribution in [-0.4, -0.2) is 7.28 Å². The molecule has 0 heterocycles. The molecule has 0 aromatic rings. The van der Waals surface area contributed by atoms with E-state index in [1.54, 1.807) is 0 Å². The molecule has 0 bridgehead atoms. The average Bonchev–Trinajstić information content (AvgIpc) is 1.41. The van der Waals surface area contributed by atoms with Crippen LogP contribution in [0.1, 0.15) is 0 Å². The van der Waals surface area contributed by atoms with Gasteiger partial charge in [-0.15, -0.1) is 0 Å². The van der Waals surface area contributed by atoms with Gasteiger partial charge in [0.15, 0.2) is 0 Å². The van der Waals surface area contributed by atoms with Gasteiger partial charge in [-0.3, -0.25) is 0 Å². The summed E-state index contributed by atoms with van der Waals surface area (Å²) < 4.78 is 0. The second-order valence-corrected chi connectivity index (χ2v) is 0.403. The van der Waals surface area contributed by atoms with Crippen molar-refractivity contribution in [3.05, 3.63) is 0 Å². The minimum atomic E-state index is 0. The van der Waals surface area contributed by atoms with Crippen LogP contribution in [0.4, 0.5) is 0 Å². The van der Waals surface area contributed by atoms with Gasteiger partial charge in [-0.25, -0.2) is 10.5 Å². The smallest absolute Gasteiger partial charge is 0.212 e. The summed E-state index contributed by atoms with van der Waals surface area (Å²) in [6.45, 7) is 0. The van der Waals surface area contributed by atoms with E-state index in [2.05, 4.69) is 0 Å². The van der Waals surface area contributed by atoms with Crippen LogP contribution in [-0.2, 0) is 19.5 Å². The second kappa shape index (κ2) is 8.82. The van der Waals surface area contributed by atoms with Gasteiger partial charge >= 0.3 is 7.28 Å². The van der Waals surface area contributed by atoms with Gasteiger partial charge in [0, 0.05) is 31.4 Å². The Hall–Kier alpha value is -0.332. The molecule has 1 radical (unpaired) electrons. The normalized spacial score (nSPS) is 3.00. The zero-order chi connectivity index (χ0) is 4.12. The molecule has 0 aliphatic rings. The molecule has 0 spiro atoms. The number of hydrogen-bond acceptors (Lipinski definition) is 2. The Morgan fingerprint density at radius 3 is 1.50 bits per heavy atom. The predicted molar refractivity (Wildman–Crippen MR) is 17.0 cm³/mol. The second-order valence-electron chi connectivity index (χ2n) is 0.403. The van der Waals surface area contributed by atoms with E-state index in [0.717, 1.165) is 7.28 Å². The summed E-state index contributed by atoms with van der Waals surface area (Å²) in [5.74, 6) is 3.06. The molecule has 0 rings (SSSR count). The average molecular weight is 128 g/mol. The van der Waals surface area contributed by atoms with Gasteiger partial charge in [0.1, 0.15) is 0 Å². The Morgan fingerprint density at radius 1 is 1.17 bits per heavy atom. The van der Waals surface area contributed by atoms with E-state index in [9.17, 15) is 0 Å². The van der Waals surface area contributed by atoms with Crippen LogP contribution in [0.15, 0.2) is 0 Å². The fourth-order valence-corrected chi connectivity index (χ4v) is 0.0289. The third-order valence-corrected chi connectivity index (χ3v) is 0.129. The van der Waals surface area contributed by atoms with Crippen molar-refractivity contribution in [3.63, 3.8) is 0 Å². The number of nitrogens with zero attached hydrogens (tertiary/aromatic N) is 2. The van der Waals surface area contributed by atoms with Crippen molar-refractivity contribution < 1.29 is 19.5 Å². The summed E-state index contributed by atoms with van der Waals surface area (Å²) in [5.41, 5.74) is 0. The van der Waals surface area contributed by atoms with Crippen molar-refractivity contribution >= 4 is 7.28 Å². The molecule has 2 nitrogen and oxygen atoms in total. The van der Waals surface area contributed by atoms with E-state index in [0.29, 0.717) is 0 Å². The first kappa shape index (κ1) is 9.18. The summed E-state index contributed by atoms with van der Waals surface area (Å²) in [4.78, 5) is 0. The van der Waals surface area contributed by atoms with Gasteiger partial charge in [-0.1, -0.05) is 0 Å². The Kier molecular flexibility index (Phi) is 13.5. The molecule has 0 aromatic heterocycles. The molecule has 6 heavy (non-hydrogen) atoms. The van der Waals surface area contributed by atoms with Crippen LogP contribution in [0.25, 0.3) is 0 Å². The molecule has 0 atom stereocenters. The maximum Gasteiger partial charge on any atom is 0.390 e. The predicted octanol–water partition coefficient (Wildman–Crippen LogP) is -0.350. The van der Waals surface area contributed by atoms with Gasteiger partial charge in [-0.05, 0) is 0 Å². The van der Waals surface area contributed by atoms with Crippen molar-refractivity contribution in [2.45, 2.75) is 0 Å². The molecule has 4 heteroatoms. The molecule has 0 saturated heterocycles. The van der Waals surface area contributed by atoms with Crippen LogP contribution in [0.2, 0.25) is 0 Å². The van der Waals surface area contributed by atoms with Crippen molar-refractivity contribution in [2.24, 2.45) is 0 Å². The summed E-state index contributed by atoms with van der Waals surface area (Å²) >= 11 is 0. The van der Waals surface area contributed by atoms with E-state index in [1.165, 1.54) is 11.9 Å². The minimum Gasteiger partial charge on any atom is -0.212 e. The molecule has 0 aliphatic heterocycles. The van der Waals surface area contributed by atoms with E-state index >= 15 is 0 Å². The Balaban J connectivity index is 0. The zero-order valence-corrected chi connectivity index (χ0v) is 6.15. The molecule has 0 saturated carbocycles. The summed E-state index contributed by atoms with van der Waals surface area (Å²) in [6, 6.07) is 0. The van der Waals surface area contributed by atoms with Crippen LogP contribution < -0.4 is 0 Å². The van der Waals surface area contributed by atoms with Crippen molar-refractivity contribution in [2.75, 3.05) is 0 Å². The first-order valence-corrected chi connectivity index (χ1v) is 1.02. The zero-order valence-electron chi connectivity index (χ0n) is 3.18. The van der Waals surface area contributed by atoms with Crippen molar-refractivity contribution in [1.29, 1.82) is 10.5 Å². The van der Waals surface area contributed by atoms with Gasteiger partial charge in [0.2, 0.25) is 0 Å². The summed E-state index contributed by atoms with van der Waals surface area (Å²) in [7, 11) is 0.861. The minimum absolute atomic E-state index is 0. The van der Waals surface area contributed by atoms with Crippen LogP contribution in [0, 0.1) is 22.5 Å². The SMILES string of the molecule is N#C[B]C#N.[Zn]. The quantitative estimate of drug-likeness (QED) is 0.419. The van der Waals surface area contributed by atoms with E-state index in [1.807, 2.05) is 0 Å². The number of rotatable bonds is 0. The topological polar surface area (TPSA) is 47.6 Å². The third kappa shape index (κ3) is 9.38. The van der Waals surface area contributed by atoms with Gasteiger partial charge in [-0.2, -0.15) is 0 Å². The molecule has 0 aliphatic carbocycles. The Bertz CT molecular complexity index is 76.7. The molecule has 23 valence electrons. The molecule has 0 amide bonds. The van der Waals surface area contributed by atoms with Crippen molar-refractivity contribution in [1.82, 2.24) is 0 Å². The monoisotopic (exact) mass is 127 g/mol. The first-order chi connectivity index (χ1) is 2.41. The fraction of sp³-hybridized carbons (Fsp3) is 0. The van der Waals surface area contributed by atoms with Gasteiger partial charge in [0.05, 0.1) is 0 Å². The summed E-state index contributed by atoms with van der Waals surface area (Å²) in [6.07, 6.45) is 0. The molecular formula is C2BN2Zn. The molecule has 0 aromatic carbocycles. The largest absolute Gasteiger partial charge is 0.390 e. The van der Waals surface area contributed by atoms with Crippen LogP contribution in [0.3, 0.4) is 0 Å². The van der Waals surface area contributed by atoms with E-state index < -0.39 is 0 Å². The van der Waals surface area contributed by atoms with Gasteiger partial charge in [0.25, 0.3) is 0 Å². The van der Waals surface area contributed by atoms with Gasteiger partial charge < -0.3 is 0 Å². The third-order valence-electron chi connectivity index (χ3n) is 0.129. The number of nitriles is 2. The maximum atomic E-state index is 7.54. The Morgan fingerprint density at radius 2 is 1.50 bits per heavy atom. The molecule has 0 unspecified atom stereocenters. The maximum absolute atomic E-state index is 7.54. The van der Waals surface area contributed by atoms with Crippen molar-refractivity contribution in [3.8, 4) is 11.9 Å². The molecule has 0 fully saturated rings. The van der Waals surface area contributed by atoms with E-state index in [-0.39, 0.29) is 19.5 Å². The number of hydrogen-bond donors (Lipinski definition) is 0. The standard InChI is InChI=1S/C2BN2.Zn/c4-1-3-2-5;.